The molecular weight excluding hydrogens is 331 g/mol. The van der Waals surface area contributed by atoms with Crippen LogP contribution in [0.3, 0.4) is 0 Å². The van der Waals surface area contributed by atoms with Gasteiger partial charge in [-0.2, -0.15) is 0 Å². The standard InChI is InChI=1S/C18H18ClFN2O2/c19-15-4-1-13(2-5-15)11-18(20)7-9-22(10-8-18)17(24)14-3-6-16(23)21-12-14/h1-6,12H,7-11H2,(H,21,23). The maximum absolute atomic E-state index is 15.0. The normalized spacial score (nSPS) is 16.8. The van der Waals surface area contributed by atoms with Crippen molar-refractivity contribution in [1.82, 2.24) is 9.88 Å². The number of halogens is 2. The maximum Gasteiger partial charge on any atom is 0.255 e. The van der Waals surface area contributed by atoms with Gasteiger partial charge in [0.2, 0.25) is 5.56 Å². The van der Waals surface area contributed by atoms with E-state index in [4.69, 9.17) is 11.6 Å². The molecule has 0 saturated carbocycles. The summed E-state index contributed by atoms with van der Waals surface area (Å²) >= 11 is 5.85. The summed E-state index contributed by atoms with van der Waals surface area (Å²) in [4.78, 5) is 27.6. The maximum atomic E-state index is 15.0. The molecule has 1 aromatic carbocycles. The first-order chi connectivity index (χ1) is 11.5. The molecule has 0 bridgehead atoms. The van der Waals surface area contributed by atoms with Crippen LogP contribution < -0.4 is 5.56 Å². The first-order valence-electron chi connectivity index (χ1n) is 7.87. The first kappa shape index (κ1) is 16.7. The molecule has 6 heteroatoms. The predicted molar refractivity (Wildman–Crippen MR) is 91.2 cm³/mol. The highest BCUT2D eigenvalue weighted by Gasteiger charge is 2.36. The molecule has 2 heterocycles. The van der Waals surface area contributed by atoms with Crippen LogP contribution in [0.1, 0.15) is 28.8 Å². The number of H-pyrrole nitrogens is 1. The second-order valence-electron chi connectivity index (χ2n) is 6.19. The Morgan fingerprint density at radius 3 is 2.42 bits per heavy atom. The number of likely N-dealkylation sites (tertiary alicyclic amines) is 1. The summed E-state index contributed by atoms with van der Waals surface area (Å²) in [6.45, 7) is 0.726. The number of nitrogens with zero attached hydrogens (tertiary/aromatic N) is 1. The largest absolute Gasteiger partial charge is 0.338 e. The van der Waals surface area contributed by atoms with E-state index in [1.54, 1.807) is 17.0 Å². The second kappa shape index (κ2) is 6.77. The van der Waals surface area contributed by atoms with Crippen LogP contribution in [0.4, 0.5) is 4.39 Å². The van der Waals surface area contributed by atoms with E-state index in [1.165, 1.54) is 18.3 Å². The van der Waals surface area contributed by atoms with E-state index >= 15 is 4.39 Å². The summed E-state index contributed by atoms with van der Waals surface area (Å²) in [7, 11) is 0. The number of hydrogen-bond acceptors (Lipinski definition) is 2. The van der Waals surface area contributed by atoms with Crippen molar-refractivity contribution in [2.45, 2.75) is 24.9 Å². The Labute approximate surface area is 144 Å². The van der Waals surface area contributed by atoms with Crippen molar-refractivity contribution in [2.24, 2.45) is 0 Å². The molecule has 1 aliphatic rings. The van der Waals surface area contributed by atoms with Crippen LogP contribution >= 0.6 is 11.6 Å². The summed E-state index contributed by atoms with van der Waals surface area (Å²) < 4.78 is 15.0. The van der Waals surface area contributed by atoms with Gasteiger partial charge in [-0.25, -0.2) is 4.39 Å². The van der Waals surface area contributed by atoms with Crippen molar-refractivity contribution in [2.75, 3.05) is 13.1 Å². The Hall–Kier alpha value is -2.14. The minimum absolute atomic E-state index is 0.181. The number of aromatic amines is 1. The summed E-state index contributed by atoms with van der Waals surface area (Å²) in [6.07, 6.45) is 2.32. The summed E-state index contributed by atoms with van der Waals surface area (Å²) in [6, 6.07) is 10.00. The number of piperidine rings is 1. The second-order valence-corrected chi connectivity index (χ2v) is 6.62. The van der Waals surface area contributed by atoms with Crippen LogP contribution in [-0.2, 0) is 6.42 Å². The lowest BCUT2D eigenvalue weighted by molar-refractivity contribution is 0.0437. The highest BCUT2D eigenvalue weighted by molar-refractivity contribution is 6.30. The van der Waals surface area contributed by atoms with Gasteiger partial charge in [0.05, 0.1) is 5.56 Å². The number of rotatable bonds is 3. The van der Waals surface area contributed by atoms with Gasteiger partial charge in [0, 0.05) is 36.8 Å². The topological polar surface area (TPSA) is 53.2 Å². The van der Waals surface area contributed by atoms with Crippen molar-refractivity contribution in [1.29, 1.82) is 0 Å². The zero-order valence-corrected chi connectivity index (χ0v) is 13.9. The van der Waals surface area contributed by atoms with Crippen LogP contribution in [0, 0.1) is 0 Å². The molecule has 126 valence electrons. The smallest absolute Gasteiger partial charge is 0.255 e. The van der Waals surface area contributed by atoms with Gasteiger partial charge in [-0.1, -0.05) is 23.7 Å². The summed E-state index contributed by atoms with van der Waals surface area (Å²) in [5.74, 6) is -0.181. The van der Waals surface area contributed by atoms with Crippen molar-refractivity contribution >= 4 is 17.5 Å². The van der Waals surface area contributed by atoms with E-state index in [-0.39, 0.29) is 11.5 Å². The number of benzene rings is 1. The molecule has 4 nitrogen and oxygen atoms in total. The molecule has 1 amide bonds. The molecule has 0 spiro atoms. The molecule has 2 aromatic rings. The summed E-state index contributed by atoms with van der Waals surface area (Å²) in [5, 5.41) is 0.632. The highest BCUT2D eigenvalue weighted by Crippen LogP contribution is 2.31. The lowest BCUT2D eigenvalue weighted by Crippen LogP contribution is -2.45. The molecule has 0 atom stereocenters. The van der Waals surface area contributed by atoms with Crippen LogP contribution in [0.5, 0.6) is 0 Å². The number of hydrogen-bond donors (Lipinski definition) is 1. The quantitative estimate of drug-likeness (QED) is 0.926. The van der Waals surface area contributed by atoms with Gasteiger partial charge in [0.1, 0.15) is 5.67 Å². The van der Waals surface area contributed by atoms with Gasteiger partial charge in [-0.15, -0.1) is 0 Å². The number of carbonyl (C=O) groups excluding carboxylic acids is 1. The Morgan fingerprint density at radius 2 is 1.83 bits per heavy atom. The Balaban J connectivity index is 1.62. The van der Waals surface area contributed by atoms with Crippen LogP contribution in [0.25, 0.3) is 0 Å². The number of aromatic nitrogens is 1. The molecular formula is C18H18ClFN2O2. The molecule has 3 rings (SSSR count). The molecule has 0 unspecified atom stereocenters. The molecule has 1 aromatic heterocycles. The third-order valence-electron chi connectivity index (χ3n) is 4.41. The van der Waals surface area contributed by atoms with E-state index in [0.717, 1.165) is 5.56 Å². The Bertz CT molecular complexity index is 760. The van der Waals surface area contributed by atoms with Crippen LogP contribution in [-0.4, -0.2) is 34.5 Å². The van der Waals surface area contributed by atoms with E-state index in [9.17, 15) is 9.59 Å². The zero-order chi connectivity index (χ0) is 17.2. The van der Waals surface area contributed by atoms with E-state index < -0.39 is 5.67 Å². The van der Waals surface area contributed by atoms with E-state index in [2.05, 4.69) is 4.98 Å². The van der Waals surface area contributed by atoms with E-state index in [1.807, 2.05) is 12.1 Å². The third-order valence-corrected chi connectivity index (χ3v) is 4.66. The van der Waals surface area contributed by atoms with Gasteiger partial charge in [-0.05, 0) is 36.6 Å². The molecule has 24 heavy (non-hydrogen) atoms. The van der Waals surface area contributed by atoms with Crippen molar-refractivity contribution < 1.29 is 9.18 Å². The molecule has 1 aliphatic heterocycles. The third kappa shape index (κ3) is 3.85. The van der Waals surface area contributed by atoms with Gasteiger partial charge in [-0.3, -0.25) is 9.59 Å². The Kier molecular flexibility index (Phi) is 4.71. The minimum Gasteiger partial charge on any atom is -0.338 e. The zero-order valence-electron chi connectivity index (χ0n) is 13.1. The van der Waals surface area contributed by atoms with Gasteiger partial charge in [0.15, 0.2) is 0 Å². The van der Waals surface area contributed by atoms with Crippen LogP contribution in [0.15, 0.2) is 47.4 Å². The molecule has 0 radical (unpaired) electrons. The fraction of sp³-hybridized carbons (Fsp3) is 0.333. The van der Waals surface area contributed by atoms with Crippen LogP contribution in [0.2, 0.25) is 5.02 Å². The summed E-state index contributed by atoms with van der Waals surface area (Å²) in [5.41, 5.74) is -0.243. The first-order valence-corrected chi connectivity index (χ1v) is 8.24. The fourth-order valence-electron chi connectivity index (χ4n) is 2.98. The fourth-order valence-corrected chi connectivity index (χ4v) is 3.11. The molecule has 0 aliphatic carbocycles. The minimum atomic E-state index is -1.31. The average molecular weight is 349 g/mol. The van der Waals surface area contributed by atoms with Gasteiger partial charge >= 0.3 is 0 Å². The lowest BCUT2D eigenvalue weighted by atomic mass is 9.87. The monoisotopic (exact) mass is 348 g/mol. The number of amides is 1. The number of pyridine rings is 1. The van der Waals surface area contributed by atoms with Gasteiger partial charge in [0.25, 0.3) is 5.91 Å². The number of nitrogens with one attached hydrogen (secondary N) is 1. The van der Waals surface area contributed by atoms with Crippen molar-refractivity contribution in [3.8, 4) is 0 Å². The lowest BCUT2D eigenvalue weighted by Gasteiger charge is -2.36. The molecule has 1 N–H and O–H groups in total. The van der Waals surface area contributed by atoms with Crippen molar-refractivity contribution in [3.05, 3.63) is 69.1 Å². The Morgan fingerprint density at radius 1 is 1.17 bits per heavy atom. The highest BCUT2D eigenvalue weighted by atomic mass is 35.5. The van der Waals surface area contributed by atoms with Gasteiger partial charge < -0.3 is 9.88 Å². The van der Waals surface area contributed by atoms with E-state index in [0.29, 0.717) is 42.9 Å². The van der Waals surface area contributed by atoms with Crippen molar-refractivity contribution in [3.63, 3.8) is 0 Å². The average Bonchev–Trinajstić information content (AvgIpc) is 2.58. The SMILES string of the molecule is O=C(c1ccc(=O)[nH]c1)N1CCC(F)(Cc2ccc(Cl)cc2)CC1. The molecule has 1 saturated heterocycles. The molecule has 1 fully saturated rings. The number of carbonyl (C=O) groups is 1. The predicted octanol–water partition coefficient (Wildman–Crippen LogP) is 3.22. The number of alkyl halides is 1.